The molecule has 2 fully saturated rings. The summed E-state index contributed by atoms with van der Waals surface area (Å²) in [7, 11) is 0. The number of carbonyl (C=O) groups is 3. The van der Waals surface area contributed by atoms with Crippen molar-refractivity contribution in [1.29, 1.82) is 0 Å². The average molecular weight is 408 g/mol. The first kappa shape index (κ1) is 20.3. The van der Waals surface area contributed by atoms with Gasteiger partial charge in [-0.15, -0.1) is 0 Å². The van der Waals surface area contributed by atoms with Crippen LogP contribution in [-0.4, -0.2) is 24.3 Å². The number of anilines is 1. The van der Waals surface area contributed by atoms with Crippen LogP contribution in [0.3, 0.4) is 0 Å². The number of hydrogen-bond acceptors (Lipinski definition) is 3. The first-order valence-corrected chi connectivity index (χ1v) is 10.4. The van der Waals surface area contributed by atoms with Crippen molar-refractivity contribution < 1.29 is 18.8 Å². The van der Waals surface area contributed by atoms with Gasteiger partial charge >= 0.3 is 0 Å². The number of rotatable bonds is 5. The molecule has 2 aliphatic rings. The summed E-state index contributed by atoms with van der Waals surface area (Å²) in [6.07, 6.45) is 4.06. The third-order valence-electron chi connectivity index (χ3n) is 6.32. The molecule has 2 aromatic rings. The quantitative estimate of drug-likeness (QED) is 0.762. The Kier molecular flexibility index (Phi) is 5.41. The number of amides is 3. The number of nitrogens with one attached hydrogen (secondary N) is 1. The molecule has 4 rings (SSSR count). The van der Waals surface area contributed by atoms with Gasteiger partial charge in [-0.1, -0.05) is 38.0 Å². The van der Waals surface area contributed by atoms with Gasteiger partial charge in [0.05, 0.1) is 5.69 Å². The van der Waals surface area contributed by atoms with E-state index in [1.54, 1.807) is 43.3 Å². The number of nitrogens with zero attached hydrogens (tertiary/aromatic N) is 1. The predicted octanol–water partition coefficient (Wildman–Crippen LogP) is 3.97. The smallest absolute Gasteiger partial charge is 0.251 e. The number of hydrogen-bond donors (Lipinski definition) is 1. The van der Waals surface area contributed by atoms with E-state index in [0.717, 1.165) is 36.1 Å². The number of imide groups is 1. The fourth-order valence-electron chi connectivity index (χ4n) is 4.63. The van der Waals surface area contributed by atoms with Crippen molar-refractivity contribution >= 4 is 23.4 Å². The van der Waals surface area contributed by atoms with Gasteiger partial charge in [-0.2, -0.15) is 0 Å². The summed E-state index contributed by atoms with van der Waals surface area (Å²) in [5.74, 6) is -1.38. The molecule has 1 atom stereocenters. The Morgan fingerprint density at radius 2 is 1.87 bits per heavy atom. The van der Waals surface area contributed by atoms with Crippen molar-refractivity contribution in [2.24, 2.45) is 5.92 Å². The second kappa shape index (κ2) is 8.01. The summed E-state index contributed by atoms with van der Waals surface area (Å²) >= 11 is 0. The molecule has 1 saturated carbocycles. The van der Waals surface area contributed by atoms with Gasteiger partial charge < -0.3 is 5.32 Å². The van der Waals surface area contributed by atoms with E-state index in [1.807, 2.05) is 6.07 Å². The molecular weight excluding hydrogens is 383 g/mol. The Bertz CT molecular complexity index is 997. The van der Waals surface area contributed by atoms with Crippen molar-refractivity contribution in [1.82, 2.24) is 5.32 Å². The summed E-state index contributed by atoms with van der Waals surface area (Å²) in [5, 5.41) is 3.00. The second-order valence-electron chi connectivity index (χ2n) is 8.40. The monoisotopic (exact) mass is 408 g/mol. The van der Waals surface area contributed by atoms with Crippen molar-refractivity contribution in [2.45, 2.75) is 44.4 Å². The molecule has 3 amide bonds. The Morgan fingerprint density at radius 1 is 1.13 bits per heavy atom. The second-order valence-corrected chi connectivity index (χ2v) is 8.40. The highest BCUT2D eigenvalue weighted by molar-refractivity contribution is 6.21. The maximum atomic E-state index is 13.8. The van der Waals surface area contributed by atoms with E-state index in [9.17, 15) is 18.8 Å². The molecule has 1 aliphatic heterocycles. The molecule has 1 aliphatic carbocycles. The molecule has 1 heterocycles. The first-order chi connectivity index (χ1) is 14.4. The zero-order chi connectivity index (χ0) is 21.3. The number of carbonyl (C=O) groups excluding carboxylic acids is 3. The Labute approximate surface area is 175 Å². The zero-order valence-corrected chi connectivity index (χ0v) is 17.0. The topological polar surface area (TPSA) is 66.5 Å². The molecule has 1 saturated heterocycles. The third-order valence-corrected chi connectivity index (χ3v) is 6.32. The number of benzene rings is 2. The van der Waals surface area contributed by atoms with Crippen LogP contribution in [0.5, 0.6) is 0 Å². The SMILES string of the molecule is C[C@H]1CC(=O)N(c2cccc(C(=O)NCC3(c4cccc(F)c4)CCCC3)c2)C1=O. The summed E-state index contributed by atoms with van der Waals surface area (Å²) in [6.45, 7) is 2.14. The van der Waals surface area contributed by atoms with Crippen LogP contribution in [-0.2, 0) is 15.0 Å². The molecule has 1 N–H and O–H groups in total. The Morgan fingerprint density at radius 3 is 2.53 bits per heavy atom. The van der Waals surface area contributed by atoms with Crippen LogP contribution in [0.4, 0.5) is 10.1 Å². The van der Waals surface area contributed by atoms with E-state index in [4.69, 9.17) is 0 Å². The van der Waals surface area contributed by atoms with E-state index >= 15 is 0 Å². The molecule has 0 aromatic heterocycles. The lowest BCUT2D eigenvalue weighted by Crippen LogP contribution is -2.39. The summed E-state index contributed by atoms with van der Waals surface area (Å²) in [6, 6.07) is 13.2. The highest BCUT2D eigenvalue weighted by Gasteiger charge is 2.38. The van der Waals surface area contributed by atoms with Gasteiger partial charge in [0.25, 0.3) is 5.91 Å². The lowest BCUT2D eigenvalue weighted by molar-refractivity contribution is -0.122. The van der Waals surface area contributed by atoms with E-state index in [-0.39, 0.29) is 41.3 Å². The van der Waals surface area contributed by atoms with Crippen LogP contribution in [0.2, 0.25) is 0 Å². The van der Waals surface area contributed by atoms with Crippen LogP contribution >= 0.6 is 0 Å². The van der Waals surface area contributed by atoms with Crippen molar-refractivity contribution in [3.8, 4) is 0 Å². The van der Waals surface area contributed by atoms with Gasteiger partial charge in [0.2, 0.25) is 11.8 Å². The standard InChI is InChI=1S/C24H25FN2O3/c1-16-12-21(28)27(23(16)30)20-9-4-6-17(13-20)22(29)26-15-24(10-2-3-11-24)18-7-5-8-19(25)14-18/h4-9,13-14,16H,2-3,10-12,15H2,1H3,(H,26,29)/t16-/m0/s1. The van der Waals surface area contributed by atoms with Crippen LogP contribution in [0.25, 0.3) is 0 Å². The predicted molar refractivity (Wildman–Crippen MR) is 112 cm³/mol. The third kappa shape index (κ3) is 3.74. The van der Waals surface area contributed by atoms with Crippen molar-refractivity contribution in [3.05, 3.63) is 65.5 Å². The highest BCUT2D eigenvalue weighted by Crippen LogP contribution is 2.41. The largest absolute Gasteiger partial charge is 0.351 e. The minimum Gasteiger partial charge on any atom is -0.351 e. The molecule has 0 radical (unpaired) electrons. The van der Waals surface area contributed by atoms with E-state index in [0.29, 0.717) is 17.8 Å². The molecule has 0 unspecified atom stereocenters. The van der Waals surface area contributed by atoms with Gasteiger partial charge in [0.1, 0.15) is 5.82 Å². The van der Waals surface area contributed by atoms with Gasteiger partial charge in [0.15, 0.2) is 0 Å². The van der Waals surface area contributed by atoms with Crippen LogP contribution in [0, 0.1) is 11.7 Å². The van der Waals surface area contributed by atoms with Gasteiger partial charge in [-0.25, -0.2) is 4.39 Å². The fraction of sp³-hybridized carbons (Fsp3) is 0.375. The van der Waals surface area contributed by atoms with Crippen LogP contribution in [0.1, 0.15) is 54.9 Å². The minimum absolute atomic E-state index is 0.186. The lowest BCUT2D eigenvalue weighted by Gasteiger charge is -2.30. The lowest BCUT2D eigenvalue weighted by atomic mass is 9.78. The maximum absolute atomic E-state index is 13.8. The molecule has 5 nitrogen and oxygen atoms in total. The van der Waals surface area contributed by atoms with Crippen LogP contribution in [0.15, 0.2) is 48.5 Å². The molecule has 0 spiro atoms. The van der Waals surface area contributed by atoms with Gasteiger partial charge in [-0.3, -0.25) is 19.3 Å². The number of halogens is 1. The minimum atomic E-state index is -0.344. The van der Waals surface area contributed by atoms with Crippen molar-refractivity contribution in [2.75, 3.05) is 11.4 Å². The summed E-state index contributed by atoms with van der Waals surface area (Å²) in [4.78, 5) is 38.5. The van der Waals surface area contributed by atoms with Gasteiger partial charge in [0, 0.05) is 29.9 Å². The first-order valence-electron chi connectivity index (χ1n) is 10.4. The fourth-order valence-corrected chi connectivity index (χ4v) is 4.63. The molecule has 156 valence electrons. The summed E-state index contributed by atoms with van der Waals surface area (Å²) in [5.41, 5.74) is 1.45. The normalized spacial score (nSPS) is 20.6. The average Bonchev–Trinajstić information content (AvgIpc) is 3.31. The van der Waals surface area contributed by atoms with Crippen molar-refractivity contribution in [3.63, 3.8) is 0 Å². The zero-order valence-electron chi connectivity index (χ0n) is 17.0. The van der Waals surface area contributed by atoms with E-state index < -0.39 is 0 Å². The highest BCUT2D eigenvalue weighted by atomic mass is 19.1. The van der Waals surface area contributed by atoms with Gasteiger partial charge in [-0.05, 0) is 48.7 Å². The molecule has 2 aromatic carbocycles. The van der Waals surface area contributed by atoms with E-state index in [2.05, 4.69) is 5.32 Å². The molecule has 6 heteroatoms. The van der Waals surface area contributed by atoms with Crippen LogP contribution < -0.4 is 10.2 Å². The maximum Gasteiger partial charge on any atom is 0.251 e. The van der Waals surface area contributed by atoms with E-state index in [1.165, 1.54) is 6.07 Å². The Balaban J connectivity index is 1.52. The summed E-state index contributed by atoms with van der Waals surface area (Å²) < 4.78 is 13.8. The molecular formula is C24H25FN2O3. The Hall–Kier alpha value is -3.02. The molecule has 0 bridgehead atoms. The molecule has 30 heavy (non-hydrogen) atoms.